The van der Waals surface area contributed by atoms with Gasteiger partial charge in [0, 0.05) is 63.4 Å². The predicted octanol–water partition coefficient (Wildman–Crippen LogP) is 5.18. The fraction of sp³-hybridized carbons (Fsp3) is 0.258. The van der Waals surface area contributed by atoms with Crippen molar-refractivity contribution >= 4 is 34.4 Å². The van der Waals surface area contributed by atoms with E-state index in [0.717, 1.165) is 43.9 Å². The number of aryl methyl sites for hydroxylation is 2. The van der Waals surface area contributed by atoms with E-state index >= 15 is 0 Å². The molecule has 6 rings (SSSR count). The summed E-state index contributed by atoms with van der Waals surface area (Å²) >= 11 is 6.47. The Morgan fingerprint density at radius 1 is 1.00 bits per heavy atom. The zero-order valence-corrected chi connectivity index (χ0v) is 24.5. The lowest BCUT2D eigenvalue weighted by Crippen LogP contribution is -2.43. The van der Waals surface area contributed by atoms with Crippen molar-refractivity contribution in [3.63, 3.8) is 0 Å². The molecule has 0 saturated carbocycles. The van der Waals surface area contributed by atoms with Crippen LogP contribution >= 0.6 is 11.6 Å². The van der Waals surface area contributed by atoms with Gasteiger partial charge >= 0.3 is 0 Å². The van der Waals surface area contributed by atoms with Gasteiger partial charge < -0.3 is 19.5 Å². The Morgan fingerprint density at radius 2 is 1.79 bits per heavy atom. The summed E-state index contributed by atoms with van der Waals surface area (Å²) in [5, 5.41) is 3.30. The number of nitrogens with one attached hydrogen (secondary N) is 1. The molecule has 0 atom stereocenters. The summed E-state index contributed by atoms with van der Waals surface area (Å²) in [5.41, 5.74) is 5.28. The Bertz CT molecular complexity index is 1750. The Balaban J connectivity index is 1.21. The van der Waals surface area contributed by atoms with E-state index in [1.54, 1.807) is 41.5 Å². The fourth-order valence-electron chi connectivity index (χ4n) is 4.93. The highest BCUT2D eigenvalue weighted by Gasteiger charge is 2.19. The zero-order chi connectivity index (χ0) is 29.2. The molecule has 0 unspecified atom stereocenters. The number of amides is 1. The van der Waals surface area contributed by atoms with Gasteiger partial charge in [0.1, 0.15) is 5.75 Å². The number of anilines is 1. The van der Waals surface area contributed by atoms with Gasteiger partial charge in [0.15, 0.2) is 17.0 Å². The molecule has 1 aliphatic heterocycles. The number of hydrogen-bond acceptors (Lipinski definition) is 8. The maximum Gasteiger partial charge on any atom is 0.257 e. The molecule has 4 heterocycles. The number of halogens is 1. The summed E-state index contributed by atoms with van der Waals surface area (Å²) in [6.07, 6.45) is 5.01. The maximum atomic E-state index is 13.3. The van der Waals surface area contributed by atoms with E-state index in [2.05, 4.69) is 55.1 Å². The highest BCUT2D eigenvalue weighted by atomic mass is 35.5. The molecule has 10 nitrogen and oxygen atoms in total. The van der Waals surface area contributed by atoms with Crippen molar-refractivity contribution in [2.45, 2.75) is 13.5 Å². The largest absolute Gasteiger partial charge is 0.437 e. The van der Waals surface area contributed by atoms with E-state index in [1.165, 1.54) is 5.56 Å². The lowest BCUT2D eigenvalue weighted by molar-refractivity contribution is 0.102. The fourth-order valence-corrected chi connectivity index (χ4v) is 5.14. The molecule has 1 aliphatic rings. The van der Waals surface area contributed by atoms with Crippen LogP contribution in [0.5, 0.6) is 11.6 Å². The molecule has 214 valence electrons. The van der Waals surface area contributed by atoms with Gasteiger partial charge in [0.2, 0.25) is 0 Å². The number of likely N-dealkylation sites (N-methyl/N-ethyl adjacent to an activating group) is 1. The third-order valence-electron chi connectivity index (χ3n) is 7.45. The Kier molecular flexibility index (Phi) is 7.84. The number of rotatable bonds is 7. The Labute approximate surface area is 249 Å². The number of carbonyl (C=O) groups is 1. The lowest BCUT2D eigenvalue weighted by Gasteiger charge is -2.32. The van der Waals surface area contributed by atoms with E-state index in [0.29, 0.717) is 33.4 Å². The first-order chi connectivity index (χ1) is 20.3. The van der Waals surface area contributed by atoms with Crippen LogP contribution in [0.1, 0.15) is 21.5 Å². The van der Waals surface area contributed by atoms with Gasteiger partial charge in [-0.15, -0.1) is 0 Å². The van der Waals surface area contributed by atoms with Crippen LogP contribution in [0.25, 0.3) is 22.6 Å². The quantitative estimate of drug-likeness (QED) is 0.280. The van der Waals surface area contributed by atoms with E-state index in [1.807, 2.05) is 31.3 Å². The van der Waals surface area contributed by atoms with Crippen molar-refractivity contribution in [1.82, 2.24) is 34.3 Å². The summed E-state index contributed by atoms with van der Waals surface area (Å²) in [6, 6.07) is 14.6. The summed E-state index contributed by atoms with van der Waals surface area (Å²) in [7, 11) is 4.01. The van der Waals surface area contributed by atoms with Gasteiger partial charge in [-0.1, -0.05) is 17.7 Å². The summed E-state index contributed by atoms with van der Waals surface area (Å²) in [5.74, 6) is 0.809. The minimum Gasteiger partial charge on any atom is -0.437 e. The number of fused-ring (bicyclic) bond motifs is 1. The molecule has 5 aromatic rings. The highest BCUT2D eigenvalue weighted by Crippen LogP contribution is 2.31. The molecule has 0 spiro atoms. The normalized spacial score (nSPS) is 14.3. The number of pyridine rings is 1. The number of aromatic nitrogens is 5. The third-order valence-corrected chi connectivity index (χ3v) is 7.78. The first-order valence-corrected chi connectivity index (χ1v) is 14.1. The minimum absolute atomic E-state index is 0.271. The first-order valence-electron chi connectivity index (χ1n) is 13.7. The zero-order valence-electron chi connectivity index (χ0n) is 23.7. The number of nitrogens with zero attached hydrogens (tertiary/aromatic N) is 7. The van der Waals surface area contributed by atoms with Crippen molar-refractivity contribution < 1.29 is 9.53 Å². The highest BCUT2D eigenvalue weighted by molar-refractivity contribution is 6.34. The summed E-state index contributed by atoms with van der Waals surface area (Å²) in [4.78, 5) is 35.9. The van der Waals surface area contributed by atoms with Gasteiger partial charge in [0.05, 0.1) is 16.9 Å². The number of carbonyl (C=O) groups excluding carboxylic acids is 1. The monoisotopic (exact) mass is 582 g/mol. The smallest absolute Gasteiger partial charge is 0.257 e. The van der Waals surface area contributed by atoms with E-state index in [4.69, 9.17) is 16.3 Å². The second kappa shape index (κ2) is 11.8. The predicted molar refractivity (Wildman–Crippen MR) is 163 cm³/mol. The minimum atomic E-state index is -0.334. The number of imidazole rings is 1. The van der Waals surface area contributed by atoms with Crippen LogP contribution in [0.3, 0.4) is 0 Å². The molecule has 3 aromatic heterocycles. The lowest BCUT2D eigenvalue weighted by atomic mass is 10.1. The van der Waals surface area contributed by atoms with Crippen LogP contribution in [0.15, 0.2) is 67.3 Å². The van der Waals surface area contributed by atoms with E-state index in [9.17, 15) is 4.79 Å². The molecule has 0 aliphatic carbocycles. The molecule has 0 bridgehead atoms. The van der Waals surface area contributed by atoms with Crippen LogP contribution in [-0.4, -0.2) is 73.4 Å². The second-order valence-corrected chi connectivity index (χ2v) is 10.9. The second-order valence-electron chi connectivity index (χ2n) is 10.5. The molecule has 0 radical (unpaired) electrons. The molecular formula is C31H31ClN8O2. The van der Waals surface area contributed by atoms with Crippen LogP contribution in [0, 0.1) is 6.92 Å². The van der Waals surface area contributed by atoms with E-state index in [-0.39, 0.29) is 17.4 Å². The molecule has 42 heavy (non-hydrogen) atoms. The third kappa shape index (κ3) is 5.96. The average molecular weight is 583 g/mol. The molecule has 1 N–H and O–H groups in total. The van der Waals surface area contributed by atoms with Crippen LogP contribution in [-0.2, 0) is 13.6 Å². The topological polar surface area (TPSA) is 101 Å². The molecule has 1 amide bonds. The van der Waals surface area contributed by atoms with Crippen molar-refractivity contribution in [3.8, 4) is 23.0 Å². The molecule has 11 heteroatoms. The van der Waals surface area contributed by atoms with Crippen molar-refractivity contribution in [1.29, 1.82) is 0 Å². The molecule has 2 aromatic carbocycles. The van der Waals surface area contributed by atoms with Crippen molar-refractivity contribution in [2.75, 3.05) is 38.5 Å². The van der Waals surface area contributed by atoms with Gasteiger partial charge in [-0.05, 0) is 67.6 Å². The van der Waals surface area contributed by atoms with Gasteiger partial charge in [0.25, 0.3) is 11.8 Å². The van der Waals surface area contributed by atoms with Crippen LogP contribution in [0.4, 0.5) is 5.69 Å². The average Bonchev–Trinajstić information content (AvgIpc) is 3.37. The van der Waals surface area contributed by atoms with Crippen LogP contribution in [0.2, 0.25) is 5.02 Å². The summed E-state index contributed by atoms with van der Waals surface area (Å²) in [6.45, 7) is 7.23. The van der Waals surface area contributed by atoms with Crippen LogP contribution < -0.4 is 10.1 Å². The van der Waals surface area contributed by atoms with Gasteiger partial charge in [-0.3, -0.25) is 14.7 Å². The number of hydrogen-bond donors (Lipinski definition) is 1. The maximum absolute atomic E-state index is 13.3. The SMILES string of the molecule is Cc1cc(NC(=O)c2cc(Oc3nc(-c4ccncc4)nc4c3ncn4C)ccc2Cl)ccc1CN1CCN(C)CC1. The van der Waals surface area contributed by atoms with E-state index < -0.39 is 0 Å². The number of piperazine rings is 1. The molecule has 1 saturated heterocycles. The first kappa shape index (κ1) is 27.8. The Hall–Kier alpha value is -4.38. The Morgan fingerprint density at radius 3 is 2.55 bits per heavy atom. The van der Waals surface area contributed by atoms with Crippen molar-refractivity contribution in [3.05, 3.63) is 89.0 Å². The van der Waals surface area contributed by atoms with Gasteiger partial charge in [-0.2, -0.15) is 4.98 Å². The number of benzene rings is 2. The molecular weight excluding hydrogens is 552 g/mol. The molecule has 1 fully saturated rings. The number of ether oxygens (including phenoxy) is 1. The van der Waals surface area contributed by atoms with Gasteiger partial charge in [-0.25, -0.2) is 9.97 Å². The summed E-state index contributed by atoms with van der Waals surface area (Å²) < 4.78 is 7.99. The standard InChI is InChI=1S/C31H31ClN8O2/c1-20-16-23(5-4-22(20)18-40-14-12-38(2)13-15-40)35-30(41)25-17-24(6-7-26(25)32)42-31-27-29(39(3)19-34-27)36-28(37-31)21-8-10-33-11-9-21/h4-11,16-17,19H,12-15,18H2,1-3H3,(H,35,41). The van der Waals surface area contributed by atoms with Crippen molar-refractivity contribution in [2.24, 2.45) is 7.05 Å².